The summed E-state index contributed by atoms with van der Waals surface area (Å²) in [5, 5.41) is -0.335. The molecule has 0 unspecified atom stereocenters. The molecule has 1 heterocycles. The molecule has 1 aliphatic heterocycles. The van der Waals surface area contributed by atoms with Crippen LogP contribution in [0.2, 0.25) is 0 Å². The highest BCUT2D eigenvalue weighted by Crippen LogP contribution is 2.35. The lowest BCUT2D eigenvalue weighted by atomic mass is 10.2. The lowest BCUT2D eigenvalue weighted by Gasteiger charge is -2.12. The van der Waals surface area contributed by atoms with Gasteiger partial charge in [0, 0.05) is 0 Å². The fourth-order valence-corrected chi connectivity index (χ4v) is 5.47. The molecule has 9 heteroatoms. The van der Waals surface area contributed by atoms with Gasteiger partial charge in [-0.3, -0.25) is 14.5 Å². The second-order valence-corrected chi connectivity index (χ2v) is 10.7. The molecule has 0 spiro atoms. The Morgan fingerprint density at radius 2 is 1.70 bits per heavy atom. The van der Waals surface area contributed by atoms with Crippen molar-refractivity contribution in [2.75, 3.05) is 0 Å². The van der Waals surface area contributed by atoms with Crippen LogP contribution in [0, 0.1) is 6.92 Å². The number of benzene rings is 3. The molecule has 0 atom stereocenters. The summed E-state index contributed by atoms with van der Waals surface area (Å²) in [6.45, 7) is 2.07. The molecular formula is C24H18BrNO5S2. The molecular weight excluding hydrogens is 526 g/mol. The molecule has 6 nitrogen and oxygen atoms in total. The maximum absolute atomic E-state index is 12.7. The SMILES string of the molecule is Cc1ccc(S(=O)(=O)Oc2ccc(/C=C3\SC(=O)N(Cc4ccccc4)C3=O)cc2Br)cc1. The minimum absolute atomic E-state index is 0.0520. The molecule has 1 aliphatic rings. The van der Waals surface area contributed by atoms with Crippen molar-refractivity contribution in [3.8, 4) is 5.75 Å². The smallest absolute Gasteiger partial charge is 0.339 e. The van der Waals surface area contributed by atoms with Crippen LogP contribution in [0.5, 0.6) is 5.75 Å². The lowest BCUT2D eigenvalue weighted by Crippen LogP contribution is -2.27. The van der Waals surface area contributed by atoms with E-state index in [0.29, 0.717) is 14.9 Å². The monoisotopic (exact) mass is 543 g/mol. The molecule has 4 rings (SSSR count). The first-order valence-corrected chi connectivity index (χ1v) is 12.8. The van der Waals surface area contributed by atoms with Crippen molar-refractivity contribution in [1.29, 1.82) is 0 Å². The van der Waals surface area contributed by atoms with E-state index in [1.807, 2.05) is 37.3 Å². The molecule has 2 amide bonds. The van der Waals surface area contributed by atoms with Gasteiger partial charge in [-0.25, -0.2) is 0 Å². The van der Waals surface area contributed by atoms with Crippen LogP contribution >= 0.6 is 27.7 Å². The topological polar surface area (TPSA) is 80.8 Å². The van der Waals surface area contributed by atoms with E-state index >= 15 is 0 Å². The van der Waals surface area contributed by atoms with Crippen LogP contribution in [-0.4, -0.2) is 24.5 Å². The third-order valence-corrected chi connectivity index (χ3v) is 7.60. The van der Waals surface area contributed by atoms with Gasteiger partial charge in [-0.05, 0) is 76.1 Å². The molecule has 0 radical (unpaired) electrons. The Labute approximate surface area is 204 Å². The van der Waals surface area contributed by atoms with Gasteiger partial charge in [0.25, 0.3) is 11.1 Å². The first kappa shape index (κ1) is 23.3. The number of hydrogen-bond acceptors (Lipinski definition) is 6. The Kier molecular flexibility index (Phi) is 6.73. The van der Waals surface area contributed by atoms with E-state index in [9.17, 15) is 18.0 Å². The van der Waals surface area contributed by atoms with Crippen LogP contribution in [0.4, 0.5) is 4.79 Å². The minimum atomic E-state index is -4.00. The fraction of sp³-hybridized carbons (Fsp3) is 0.0833. The minimum Gasteiger partial charge on any atom is -0.378 e. The van der Waals surface area contributed by atoms with Crippen molar-refractivity contribution in [1.82, 2.24) is 4.90 Å². The third kappa shape index (κ3) is 5.38. The normalized spacial score (nSPS) is 15.3. The Morgan fingerprint density at radius 3 is 2.36 bits per heavy atom. The number of aryl methyl sites for hydroxylation is 1. The van der Waals surface area contributed by atoms with E-state index in [0.717, 1.165) is 22.9 Å². The Morgan fingerprint density at radius 1 is 1.00 bits per heavy atom. The van der Waals surface area contributed by atoms with Crippen molar-refractivity contribution < 1.29 is 22.2 Å². The van der Waals surface area contributed by atoms with E-state index in [2.05, 4.69) is 15.9 Å². The van der Waals surface area contributed by atoms with Crippen molar-refractivity contribution in [3.63, 3.8) is 0 Å². The van der Waals surface area contributed by atoms with Crippen molar-refractivity contribution in [2.45, 2.75) is 18.4 Å². The quantitative estimate of drug-likeness (QED) is 0.290. The van der Waals surface area contributed by atoms with Gasteiger partial charge in [0.05, 0.1) is 15.9 Å². The van der Waals surface area contributed by atoms with Gasteiger partial charge in [-0.1, -0.05) is 54.1 Å². The summed E-state index contributed by atoms with van der Waals surface area (Å²) in [5.74, 6) is -0.253. The summed E-state index contributed by atoms with van der Waals surface area (Å²) in [6.07, 6.45) is 1.60. The second-order valence-electron chi connectivity index (χ2n) is 7.29. The zero-order valence-corrected chi connectivity index (χ0v) is 20.6. The molecule has 0 saturated carbocycles. The molecule has 0 bridgehead atoms. The molecule has 0 aromatic heterocycles. The van der Waals surface area contributed by atoms with Crippen molar-refractivity contribution >= 4 is 55.0 Å². The van der Waals surface area contributed by atoms with Gasteiger partial charge in [0.1, 0.15) is 4.90 Å². The number of amides is 2. The Balaban J connectivity index is 1.51. The Bertz CT molecular complexity index is 1350. The molecule has 1 saturated heterocycles. The van der Waals surface area contributed by atoms with Crippen LogP contribution in [0.1, 0.15) is 16.7 Å². The third-order valence-electron chi connectivity index (χ3n) is 4.82. The predicted molar refractivity (Wildman–Crippen MR) is 131 cm³/mol. The standard InChI is InChI=1S/C24H18BrNO5S2/c1-16-7-10-19(11-8-16)33(29,30)31-21-12-9-18(13-20(21)25)14-22-23(27)26(24(28)32-22)15-17-5-3-2-4-6-17/h2-14H,15H2,1H3/b22-14-. The van der Waals surface area contributed by atoms with E-state index in [1.165, 1.54) is 23.1 Å². The van der Waals surface area contributed by atoms with Gasteiger partial charge in [0.2, 0.25) is 0 Å². The number of thioether (sulfide) groups is 1. The van der Waals surface area contributed by atoms with Crippen LogP contribution in [-0.2, 0) is 21.5 Å². The first-order chi connectivity index (χ1) is 15.7. The number of nitrogens with zero attached hydrogens (tertiary/aromatic N) is 1. The number of rotatable bonds is 6. The highest BCUT2D eigenvalue weighted by Gasteiger charge is 2.35. The van der Waals surface area contributed by atoms with E-state index in [-0.39, 0.29) is 28.3 Å². The van der Waals surface area contributed by atoms with E-state index in [4.69, 9.17) is 4.18 Å². The van der Waals surface area contributed by atoms with E-state index < -0.39 is 10.1 Å². The van der Waals surface area contributed by atoms with Gasteiger partial charge >= 0.3 is 10.1 Å². The number of halogens is 1. The van der Waals surface area contributed by atoms with Gasteiger partial charge in [-0.2, -0.15) is 8.42 Å². The van der Waals surface area contributed by atoms with Gasteiger partial charge in [-0.15, -0.1) is 0 Å². The summed E-state index contributed by atoms with van der Waals surface area (Å²) in [7, 11) is -4.00. The average molecular weight is 544 g/mol. The largest absolute Gasteiger partial charge is 0.378 e. The number of hydrogen-bond donors (Lipinski definition) is 0. The van der Waals surface area contributed by atoms with Crippen molar-refractivity contribution in [2.24, 2.45) is 0 Å². The maximum Gasteiger partial charge on any atom is 0.339 e. The van der Waals surface area contributed by atoms with Crippen LogP contribution in [0.25, 0.3) is 6.08 Å². The Hall–Kier alpha value is -2.88. The average Bonchev–Trinajstić information content (AvgIpc) is 3.04. The summed E-state index contributed by atoms with van der Waals surface area (Å²) >= 11 is 4.20. The maximum atomic E-state index is 12.7. The molecule has 3 aromatic carbocycles. The van der Waals surface area contributed by atoms with E-state index in [1.54, 1.807) is 30.3 Å². The summed E-state index contributed by atoms with van der Waals surface area (Å²) < 4.78 is 30.8. The molecule has 33 heavy (non-hydrogen) atoms. The molecule has 1 fully saturated rings. The molecule has 0 N–H and O–H groups in total. The molecule has 168 valence electrons. The zero-order chi connectivity index (χ0) is 23.6. The van der Waals surface area contributed by atoms with Crippen LogP contribution in [0.3, 0.4) is 0 Å². The van der Waals surface area contributed by atoms with Crippen LogP contribution < -0.4 is 4.18 Å². The number of carbonyl (C=O) groups excluding carboxylic acids is 2. The fourth-order valence-electron chi connectivity index (χ4n) is 3.10. The highest BCUT2D eigenvalue weighted by molar-refractivity contribution is 9.10. The van der Waals surface area contributed by atoms with Gasteiger partial charge < -0.3 is 4.18 Å². The second kappa shape index (κ2) is 9.54. The van der Waals surface area contributed by atoms with Gasteiger partial charge in [0.15, 0.2) is 5.75 Å². The first-order valence-electron chi connectivity index (χ1n) is 9.83. The number of carbonyl (C=O) groups is 2. The summed E-state index contributed by atoms with van der Waals surface area (Å²) in [6, 6.07) is 20.4. The zero-order valence-electron chi connectivity index (χ0n) is 17.4. The molecule has 3 aromatic rings. The highest BCUT2D eigenvalue weighted by atomic mass is 79.9. The summed E-state index contributed by atoms with van der Waals surface area (Å²) in [4.78, 5) is 26.6. The predicted octanol–water partition coefficient (Wildman–Crippen LogP) is 5.76. The van der Waals surface area contributed by atoms with Crippen molar-refractivity contribution in [3.05, 3.63) is 98.9 Å². The molecule has 0 aliphatic carbocycles. The lowest BCUT2D eigenvalue weighted by molar-refractivity contribution is -0.123. The number of imide groups is 1. The van der Waals surface area contributed by atoms with Crippen LogP contribution in [0.15, 0.2) is 87.1 Å². The summed E-state index contributed by atoms with van der Waals surface area (Å²) in [5.41, 5.74) is 2.42.